The molecule has 4 heteroatoms. The average molecular weight is 278 g/mol. The largest absolute Gasteiger partial charge is 0.355 e. The van der Waals surface area contributed by atoms with Crippen LogP contribution in [0.5, 0.6) is 0 Å². The van der Waals surface area contributed by atoms with E-state index in [1.807, 2.05) is 13.8 Å². The zero-order chi connectivity index (χ0) is 14.6. The number of amides is 1. The number of rotatable bonds is 5. The molecule has 1 heterocycles. The molecule has 1 aromatic rings. The Morgan fingerprint density at radius 1 is 1.40 bits per heavy atom. The summed E-state index contributed by atoms with van der Waals surface area (Å²) in [5.74, 6) is 0.387. The van der Waals surface area contributed by atoms with E-state index in [9.17, 15) is 9.18 Å². The highest BCUT2D eigenvalue weighted by Crippen LogP contribution is 2.23. The minimum Gasteiger partial charge on any atom is -0.355 e. The molecule has 0 aromatic heterocycles. The summed E-state index contributed by atoms with van der Waals surface area (Å²) >= 11 is 0. The van der Waals surface area contributed by atoms with Crippen LogP contribution in [0.15, 0.2) is 24.3 Å². The fourth-order valence-corrected chi connectivity index (χ4v) is 2.57. The molecule has 1 atom stereocenters. The summed E-state index contributed by atoms with van der Waals surface area (Å²) in [4.78, 5) is 12.3. The zero-order valence-electron chi connectivity index (χ0n) is 12.2. The number of carbonyl (C=O) groups excluding carboxylic acids is 1. The third kappa shape index (κ3) is 3.57. The van der Waals surface area contributed by atoms with Crippen molar-refractivity contribution < 1.29 is 9.18 Å². The minimum atomic E-state index is -0.637. The van der Waals surface area contributed by atoms with Crippen LogP contribution in [0, 0.1) is 11.7 Å². The highest BCUT2D eigenvalue weighted by Gasteiger charge is 2.29. The maximum atomic E-state index is 12.9. The van der Waals surface area contributed by atoms with Crippen molar-refractivity contribution in [1.82, 2.24) is 10.6 Å². The predicted molar refractivity (Wildman–Crippen MR) is 78.0 cm³/mol. The van der Waals surface area contributed by atoms with Crippen LogP contribution in [-0.4, -0.2) is 25.5 Å². The zero-order valence-corrected chi connectivity index (χ0v) is 12.2. The second-order valence-electron chi connectivity index (χ2n) is 6.04. The van der Waals surface area contributed by atoms with Gasteiger partial charge in [-0.1, -0.05) is 12.1 Å². The fraction of sp³-hybridized carbons (Fsp3) is 0.562. The van der Waals surface area contributed by atoms with Gasteiger partial charge in [0.25, 0.3) is 0 Å². The van der Waals surface area contributed by atoms with Crippen molar-refractivity contribution in [2.45, 2.75) is 32.1 Å². The van der Waals surface area contributed by atoms with Crippen LogP contribution >= 0.6 is 0 Å². The van der Waals surface area contributed by atoms with Gasteiger partial charge in [0.05, 0.1) is 5.41 Å². The lowest BCUT2D eigenvalue weighted by atomic mass is 9.83. The van der Waals surface area contributed by atoms with Crippen molar-refractivity contribution in [1.29, 1.82) is 0 Å². The summed E-state index contributed by atoms with van der Waals surface area (Å²) in [6, 6.07) is 6.15. The number of nitrogens with one attached hydrogen (secondary N) is 2. The SMILES string of the molecule is CC(C)(C(=O)NCCC1CCNC1)c1ccc(F)cc1. The molecule has 2 rings (SSSR count). The van der Waals surface area contributed by atoms with E-state index in [0.29, 0.717) is 12.5 Å². The Morgan fingerprint density at radius 2 is 2.10 bits per heavy atom. The lowest BCUT2D eigenvalue weighted by Gasteiger charge is -2.24. The number of hydrogen-bond donors (Lipinski definition) is 2. The summed E-state index contributed by atoms with van der Waals surface area (Å²) in [6.07, 6.45) is 2.20. The third-order valence-electron chi connectivity index (χ3n) is 4.13. The molecule has 1 aromatic carbocycles. The van der Waals surface area contributed by atoms with Crippen LogP contribution < -0.4 is 10.6 Å². The molecule has 1 aliphatic rings. The second-order valence-corrected chi connectivity index (χ2v) is 6.04. The maximum Gasteiger partial charge on any atom is 0.230 e. The quantitative estimate of drug-likeness (QED) is 0.867. The molecule has 1 saturated heterocycles. The number of carbonyl (C=O) groups is 1. The van der Waals surface area contributed by atoms with Crippen molar-refractivity contribution >= 4 is 5.91 Å². The first-order valence-electron chi connectivity index (χ1n) is 7.25. The monoisotopic (exact) mass is 278 g/mol. The Kier molecular flexibility index (Phi) is 4.76. The van der Waals surface area contributed by atoms with Crippen molar-refractivity contribution in [2.24, 2.45) is 5.92 Å². The van der Waals surface area contributed by atoms with Gasteiger partial charge in [0.1, 0.15) is 5.82 Å². The predicted octanol–water partition coefficient (Wildman–Crippen LogP) is 2.22. The van der Waals surface area contributed by atoms with Gasteiger partial charge in [0, 0.05) is 6.54 Å². The van der Waals surface area contributed by atoms with Gasteiger partial charge in [-0.25, -0.2) is 4.39 Å². The Hall–Kier alpha value is -1.42. The lowest BCUT2D eigenvalue weighted by molar-refractivity contribution is -0.125. The van der Waals surface area contributed by atoms with E-state index >= 15 is 0 Å². The fourth-order valence-electron chi connectivity index (χ4n) is 2.57. The molecule has 0 radical (unpaired) electrons. The van der Waals surface area contributed by atoms with Crippen LogP contribution in [0.25, 0.3) is 0 Å². The van der Waals surface area contributed by atoms with Crippen LogP contribution in [-0.2, 0) is 10.2 Å². The van der Waals surface area contributed by atoms with Gasteiger partial charge in [-0.15, -0.1) is 0 Å². The van der Waals surface area contributed by atoms with E-state index in [1.165, 1.54) is 18.6 Å². The molecule has 20 heavy (non-hydrogen) atoms. The Labute approximate surface area is 120 Å². The van der Waals surface area contributed by atoms with Gasteiger partial charge in [-0.2, -0.15) is 0 Å². The van der Waals surface area contributed by atoms with Crippen LogP contribution in [0.3, 0.4) is 0 Å². The Balaban J connectivity index is 1.87. The van der Waals surface area contributed by atoms with Crippen molar-refractivity contribution in [2.75, 3.05) is 19.6 Å². The third-order valence-corrected chi connectivity index (χ3v) is 4.13. The molecule has 0 aliphatic carbocycles. The van der Waals surface area contributed by atoms with Crippen molar-refractivity contribution in [3.63, 3.8) is 0 Å². The molecule has 1 unspecified atom stereocenters. The summed E-state index contributed by atoms with van der Waals surface area (Å²) < 4.78 is 12.9. The highest BCUT2D eigenvalue weighted by atomic mass is 19.1. The second kappa shape index (κ2) is 6.35. The molecule has 1 aliphatic heterocycles. The average Bonchev–Trinajstić information content (AvgIpc) is 2.92. The summed E-state index contributed by atoms with van der Waals surface area (Å²) in [5.41, 5.74) is 0.195. The van der Waals surface area contributed by atoms with E-state index in [-0.39, 0.29) is 11.7 Å². The summed E-state index contributed by atoms with van der Waals surface area (Å²) in [5, 5.41) is 6.33. The van der Waals surface area contributed by atoms with E-state index in [4.69, 9.17) is 0 Å². The Bertz CT molecular complexity index is 450. The van der Waals surface area contributed by atoms with Crippen molar-refractivity contribution in [3.8, 4) is 0 Å². The molecule has 2 N–H and O–H groups in total. The molecule has 1 amide bonds. The topological polar surface area (TPSA) is 41.1 Å². The normalized spacial score (nSPS) is 19.1. The van der Waals surface area contributed by atoms with Gasteiger partial charge < -0.3 is 10.6 Å². The van der Waals surface area contributed by atoms with Crippen LogP contribution in [0.1, 0.15) is 32.3 Å². The van der Waals surface area contributed by atoms with E-state index in [1.54, 1.807) is 12.1 Å². The number of benzene rings is 1. The van der Waals surface area contributed by atoms with Gasteiger partial charge in [0.2, 0.25) is 5.91 Å². The molecule has 110 valence electrons. The van der Waals surface area contributed by atoms with Gasteiger partial charge in [-0.05, 0) is 63.4 Å². The summed E-state index contributed by atoms with van der Waals surface area (Å²) in [7, 11) is 0. The molecular formula is C16H23FN2O. The smallest absolute Gasteiger partial charge is 0.230 e. The number of halogens is 1. The Morgan fingerprint density at radius 3 is 2.70 bits per heavy atom. The van der Waals surface area contributed by atoms with E-state index in [2.05, 4.69) is 10.6 Å². The first-order chi connectivity index (χ1) is 9.50. The molecule has 0 saturated carbocycles. The first kappa shape index (κ1) is 15.0. The summed E-state index contributed by atoms with van der Waals surface area (Å²) in [6.45, 7) is 6.58. The van der Waals surface area contributed by atoms with Crippen molar-refractivity contribution in [3.05, 3.63) is 35.6 Å². The van der Waals surface area contributed by atoms with E-state index in [0.717, 1.165) is 25.1 Å². The minimum absolute atomic E-state index is 0.00457. The van der Waals surface area contributed by atoms with Gasteiger partial charge in [-0.3, -0.25) is 4.79 Å². The maximum absolute atomic E-state index is 12.9. The van der Waals surface area contributed by atoms with Gasteiger partial charge in [0.15, 0.2) is 0 Å². The number of hydrogen-bond acceptors (Lipinski definition) is 2. The lowest BCUT2D eigenvalue weighted by Crippen LogP contribution is -2.40. The molecular weight excluding hydrogens is 255 g/mol. The highest BCUT2D eigenvalue weighted by molar-refractivity contribution is 5.87. The molecule has 0 spiro atoms. The molecule has 0 bridgehead atoms. The van der Waals surface area contributed by atoms with E-state index < -0.39 is 5.41 Å². The first-order valence-corrected chi connectivity index (χ1v) is 7.25. The van der Waals surface area contributed by atoms with Crippen LogP contribution in [0.4, 0.5) is 4.39 Å². The molecule has 3 nitrogen and oxygen atoms in total. The van der Waals surface area contributed by atoms with Crippen LogP contribution in [0.2, 0.25) is 0 Å². The molecule has 1 fully saturated rings. The standard InChI is InChI=1S/C16H23FN2O/c1-16(2,13-3-5-14(17)6-4-13)15(20)19-10-8-12-7-9-18-11-12/h3-6,12,18H,7-11H2,1-2H3,(H,19,20). The van der Waals surface area contributed by atoms with Gasteiger partial charge >= 0.3 is 0 Å².